The largest absolute Gasteiger partial charge is 0.355 e. The summed E-state index contributed by atoms with van der Waals surface area (Å²) >= 11 is 1.16. The van der Waals surface area contributed by atoms with E-state index in [0.717, 1.165) is 16.2 Å². The summed E-state index contributed by atoms with van der Waals surface area (Å²) in [5, 5.41) is 2.98. The SMILES string of the molecule is O=C(NCCc1ccc(S(=O)(=O)Cl)s1)C1C2CCCCC21. The Hall–Kier alpha value is -0.590. The van der Waals surface area contributed by atoms with Gasteiger partial charge in [0.2, 0.25) is 5.91 Å². The second-order valence-corrected chi connectivity index (χ2v) is 9.80. The minimum Gasteiger partial charge on any atom is -0.355 e. The van der Waals surface area contributed by atoms with E-state index in [1.807, 2.05) is 0 Å². The van der Waals surface area contributed by atoms with Gasteiger partial charge in [-0.15, -0.1) is 11.3 Å². The van der Waals surface area contributed by atoms with Crippen LogP contribution in [-0.2, 0) is 20.3 Å². The van der Waals surface area contributed by atoms with E-state index >= 15 is 0 Å². The molecule has 1 aromatic rings. The van der Waals surface area contributed by atoms with Crippen LogP contribution in [0, 0.1) is 17.8 Å². The van der Waals surface area contributed by atoms with Crippen molar-refractivity contribution in [3.05, 3.63) is 17.0 Å². The molecule has 0 bridgehead atoms. The molecule has 2 fully saturated rings. The molecule has 2 unspecified atom stereocenters. The summed E-state index contributed by atoms with van der Waals surface area (Å²) in [5.41, 5.74) is 0. The van der Waals surface area contributed by atoms with E-state index in [2.05, 4.69) is 5.32 Å². The Kier molecular flexibility index (Phi) is 4.30. The zero-order valence-corrected chi connectivity index (χ0v) is 13.9. The van der Waals surface area contributed by atoms with Crippen molar-refractivity contribution in [2.45, 2.75) is 36.3 Å². The van der Waals surface area contributed by atoms with Gasteiger partial charge in [0.1, 0.15) is 4.21 Å². The number of carbonyl (C=O) groups is 1. The zero-order valence-electron chi connectivity index (χ0n) is 11.5. The lowest BCUT2D eigenvalue weighted by molar-refractivity contribution is -0.122. The summed E-state index contributed by atoms with van der Waals surface area (Å²) in [5.74, 6) is 1.64. The normalized spacial score (nSPS) is 28.0. The Bertz CT molecular complexity index is 628. The van der Waals surface area contributed by atoms with Gasteiger partial charge in [0.05, 0.1) is 0 Å². The zero-order chi connectivity index (χ0) is 15.0. The van der Waals surface area contributed by atoms with E-state index in [9.17, 15) is 13.2 Å². The summed E-state index contributed by atoms with van der Waals surface area (Å²) < 4.78 is 22.5. The summed E-state index contributed by atoms with van der Waals surface area (Å²) in [6.45, 7) is 0.553. The summed E-state index contributed by atoms with van der Waals surface area (Å²) in [6, 6.07) is 3.27. The standard InChI is InChI=1S/C14H18ClNO3S2/c15-21(18,19)12-6-5-9(20-12)7-8-16-14(17)13-10-3-1-2-4-11(10)13/h5-6,10-11,13H,1-4,7-8H2,(H,16,17). The predicted molar refractivity (Wildman–Crippen MR) is 83.0 cm³/mol. The molecule has 0 radical (unpaired) electrons. The fourth-order valence-electron chi connectivity index (χ4n) is 3.43. The molecule has 2 atom stereocenters. The van der Waals surface area contributed by atoms with Crippen molar-refractivity contribution < 1.29 is 13.2 Å². The minimum absolute atomic E-state index is 0.165. The van der Waals surface area contributed by atoms with E-state index in [0.29, 0.717) is 24.8 Å². The average molecular weight is 348 g/mol. The van der Waals surface area contributed by atoms with Crippen LogP contribution in [0.1, 0.15) is 30.6 Å². The highest BCUT2D eigenvalue weighted by Crippen LogP contribution is 2.55. The molecule has 1 N–H and O–H groups in total. The average Bonchev–Trinajstić information content (AvgIpc) is 2.96. The molecule has 7 heteroatoms. The molecule has 2 aliphatic carbocycles. The van der Waals surface area contributed by atoms with Crippen molar-refractivity contribution >= 4 is 37.0 Å². The molecule has 2 aliphatic rings. The van der Waals surface area contributed by atoms with Gasteiger partial charge in [-0.05, 0) is 43.2 Å². The van der Waals surface area contributed by atoms with Gasteiger partial charge in [-0.25, -0.2) is 8.42 Å². The Morgan fingerprint density at radius 2 is 1.95 bits per heavy atom. The topological polar surface area (TPSA) is 63.2 Å². The fourth-order valence-corrected chi connectivity index (χ4v) is 5.55. The number of hydrogen-bond acceptors (Lipinski definition) is 4. The van der Waals surface area contributed by atoms with Gasteiger partial charge in [0.25, 0.3) is 9.05 Å². The van der Waals surface area contributed by atoms with Crippen molar-refractivity contribution in [2.75, 3.05) is 6.54 Å². The summed E-state index contributed by atoms with van der Waals surface area (Å²) in [6.07, 6.45) is 5.56. The Labute approximate surface area is 133 Å². The van der Waals surface area contributed by atoms with Crippen LogP contribution in [0.4, 0.5) is 0 Å². The first-order valence-corrected chi connectivity index (χ1v) is 10.4. The number of halogens is 1. The van der Waals surface area contributed by atoms with Crippen molar-refractivity contribution in [2.24, 2.45) is 17.8 Å². The molecule has 1 amide bonds. The Morgan fingerprint density at radius 3 is 2.52 bits per heavy atom. The predicted octanol–water partition coefficient (Wildman–Crippen LogP) is 2.77. The van der Waals surface area contributed by atoms with E-state index in [1.54, 1.807) is 6.07 Å². The molecular weight excluding hydrogens is 330 g/mol. The third-order valence-corrected chi connectivity index (χ3v) is 7.74. The van der Waals surface area contributed by atoms with E-state index in [1.165, 1.54) is 31.7 Å². The lowest BCUT2D eigenvalue weighted by Gasteiger charge is -2.04. The first-order chi connectivity index (χ1) is 9.97. The van der Waals surface area contributed by atoms with Gasteiger partial charge in [-0.1, -0.05) is 12.8 Å². The van der Waals surface area contributed by atoms with Crippen LogP contribution in [0.25, 0.3) is 0 Å². The number of hydrogen-bond donors (Lipinski definition) is 1. The number of rotatable bonds is 5. The molecule has 21 heavy (non-hydrogen) atoms. The second kappa shape index (κ2) is 5.89. The maximum Gasteiger partial charge on any atom is 0.270 e. The first kappa shape index (κ1) is 15.3. The highest BCUT2D eigenvalue weighted by Gasteiger charge is 2.54. The number of nitrogens with one attached hydrogen (secondary N) is 1. The molecule has 1 heterocycles. The Morgan fingerprint density at radius 1 is 1.29 bits per heavy atom. The van der Waals surface area contributed by atoms with E-state index in [-0.39, 0.29) is 16.0 Å². The summed E-state index contributed by atoms with van der Waals surface area (Å²) in [7, 11) is 1.65. The molecule has 0 saturated heterocycles. The van der Waals surface area contributed by atoms with Crippen LogP contribution >= 0.6 is 22.0 Å². The van der Waals surface area contributed by atoms with Crippen LogP contribution in [0.3, 0.4) is 0 Å². The molecule has 0 spiro atoms. The van der Waals surface area contributed by atoms with Gasteiger partial charge >= 0.3 is 0 Å². The number of amides is 1. The van der Waals surface area contributed by atoms with Gasteiger partial charge in [-0.3, -0.25) is 4.79 Å². The van der Waals surface area contributed by atoms with E-state index < -0.39 is 9.05 Å². The number of carbonyl (C=O) groups excluding carboxylic acids is 1. The quantitative estimate of drug-likeness (QED) is 0.833. The smallest absolute Gasteiger partial charge is 0.270 e. The first-order valence-electron chi connectivity index (χ1n) is 7.28. The van der Waals surface area contributed by atoms with Gasteiger partial charge in [0.15, 0.2) is 0 Å². The fraction of sp³-hybridized carbons (Fsp3) is 0.643. The molecule has 1 aromatic heterocycles. The van der Waals surface area contributed by atoms with Crippen LogP contribution in [-0.4, -0.2) is 20.9 Å². The monoisotopic (exact) mass is 347 g/mol. The van der Waals surface area contributed by atoms with Crippen LogP contribution in [0.15, 0.2) is 16.3 Å². The molecule has 2 saturated carbocycles. The van der Waals surface area contributed by atoms with Gasteiger partial charge in [0, 0.05) is 28.0 Å². The third-order valence-electron chi connectivity index (χ3n) is 4.51. The van der Waals surface area contributed by atoms with Crippen molar-refractivity contribution in [1.29, 1.82) is 0 Å². The molecule has 0 aromatic carbocycles. The highest BCUT2D eigenvalue weighted by molar-refractivity contribution is 8.15. The lowest BCUT2D eigenvalue weighted by Crippen LogP contribution is -2.28. The molecule has 3 rings (SSSR count). The second-order valence-electron chi connectivity index (χ2n) is 5.84. The van der Waals surface area contributed by atoms with Crippen molar-refractivity contribution in [3.8, 4) is 0 Å². The van der Waals surface area contributed by atoms with Crippen LogP contribution < -0.4 is 5.32 Å². The number of thiophene rings is 1. The number of fused-ring (bicyclic) bond motifs is 1. The Balaban J connectivity index is 1.46. The van der Waals surface area contributed by atoms with Crippen LogP contribution in [0.2, 0.25) is 0 Å². The van der Waals surface area contributed by atoms with Crippen molar-refractivity contribution in [3.63, 3.8) is 0 Å². The van der Waals surface area contributed by atoms with Crippen molar-refractivity contribution in [1.82, 2.24) is 5.32 Å². The molecule has 0 aliphatic heterocycles. The maximum absolute atomic E-state index is 12.1. The highest BCUT2D eigenvalue weighted by atomic mass is 35.7. The lowest BCUT2D eigenvalue weighted by atomic mass is 10.0. The summed E-state index contributed by atoms with van der Waals surface area (Å²) in [4.78, 5) is 13.0. The molecule has 4 nitrogen and oxygen atoms in total. The van der Waals surface area contributed by atoms with Gasteiger partial charge in [-0.2, -0.15) is 0 Å². The molecule has 116 valence electrons. The van der Waals surface area contributed by atoms with Crippen LogP contribution in [0.5, 0.6) is 0 Å². The molecular formula is C14H18ClNO3S2. The van der Waals surface area contributed by atoms with Gasteiger partial charge < -0.3 is 5.32 Å². The minimum atomic E-state index is -3.64. The van der Waals surface area contributed by atoms with E-state index in [4.69, 9.17) is 10.7 Å². The maximum atomic E-state index is 12.1. The third kappa shape index (κ3) is 3.43.